The van der Waals surface area contributed by atoms with Gasteiger partial charge in [-0.3, -0.25) is 4.90 Å². The number of esters is 1. The lowest BCUT2D eigenvalue weighted by atomic mass is 9.44. The second-order valence-corrected chi connectivity index (χ2v) is 12.7. The largest absolute Gasteiger partial charge is 0.462 e. The Bertz CT molecular complexity index is 1020. The van der Waals surface area contributed by atoms with E-state index in [4.69, 9.17) is 4.74 Å². The summed E-state index contributed by atoms with van der Waals surface area (Å²) in [5, 5.41) is 0. The van der Waals surface area contributed by atoms with E-state index in [2.05, 4.69) is 68.1 Å². The highest BCUT2D eigenvalue weighted by Gasteiger charge is 2.57. The molecule has 4 saturated carbocycles. The molecule has 37 heavy (non-hydrogen) atoms. The van der Waals surface area contributed by atoms with E-state index in [1.54, 1.807) is 0 Å². The van der Waals surface area contributed by atoms with Crippen LogP contribution in [0.25, 0.3) is 0 Å². The molecule has 3 heteroatoms. The number of carbonyl (C=O) groups excluding carboxylic acids is 1. The fourth-order valence-electron chi connectivity index (χ4n) is 8.14. The third-order valence-electron chi connectivity index (χ3n) is 10.5. The standard InChI is InChI=1S/C34H47NO2/c1-5-37-33(36)28-15-13-26(14-16-28)27-17-19-30(20-18-27)35(21-9-12-25-10-7-6-8-11-25)32-23-29-22-31(24(32)2)34(29,3)4/h6-8,10-11,13-16,24,27,29-32H,5,9,12,17-23H2,1-4H3/t24-,27?,29+,30?,31+,32+/m1/s1. The molecule has 4 aliphatic carbocycles. The van der Waals surface area contributed by atoms with Crippen LogP contribution < -0.4 is 0 Å². The van der Waals surface area contributed by atoms with Crippen molar-refractivity contribution in [2.24, 2.45) is 23.2 Å². The minimum Gasteiger partial charge on any atom is -0.462 e. The van der Waals surface area contributed by atoms with Crippen molar-refractivity contribution in [2.75, 3.05) is 13.2 Å². The average Bonchev–Trinajstić information content (AvgIpc) is 2.92. The van der Waals surface area contributed by atoms with Crippen LogP contribution in [0.2, 0.25) is 0 Å². The average molecular weight is 502 g/mol. The van der Waals surface area contributed by atoms with E-state index in [-0.39, 0.29) is 5.97 Å². The van der Waals surface area contributed by atoms with Crippen molar-refractivity contribution in [3.8, 4) is 0 Å². The Morgan fingerprint density at radius 1 is 0.973 bits per heavy atom. The molecule has 0 unspecified atom stereocenters. The van der Waals surface area contributed by atoms with E-state index in [1.165, 1.54) is 69.0 Å². The molecule has 2 bridgehead atoms. The Labute approximate surface area is 225 Å². The van der Waals surface area contributed by atoms with Crippen molar-refractivity contribution in [2.45, 2.75) is 97.1 Å². The van der Waals surface area contributed by atoms with Crippen LogP contribution in [-0.2, 0) is 11.2 Å². The maximum atomic E-state index is 12.0. The summed E-state index contributed by atoms with van der Waals surface area (Å²) in [7, 11) is 0. The quantitative estimate of drug-likeness (QED) is 0.327. The molecule has 0 N–H and O–H groups in total. The fraction of sp³-hybridized carbons (Fsp3) is 0.618. The second-order valence-electron chi connectivity index (χ2n) is 12.7. The number of ether oxygens (including phenoxy) is 1. The highest BCUT2D eigenvalue weighted by atomic mass is 16.5. The van der Waals surface area contributed by atoms with Crippen LogP contribution >= 0.6 is 0 Å². The summed E-state index contributed by atoms with van der Waals surface area (Å²) in [6.45, 7) is 11.1. The van der Waals surface area contributed by atoms with Crippen LogP contribution in [0.4, 0.5) is 0 Å². The first kappa shape index (κ1) is 26.5. The van der Waals surface area contributed by atoms with Gasteiger partial charge in [0, 0.05) is 12.1 Å². The van der Waals surface area contributed by atoms with E-state index in [9.17, 15) is 4.79 Å². The lowest BCUT2D eigenvalue weighted by molar-refractivity contribution is -0.146. The molecule has 4 aliphatic rings. The topological polar surface area (TPSA) is 29.5 Å². The van der Waals surface area contributed by atoms with Crippen molar-refractivity contribution in [1.29, 1.82) is 0 Å². The first-order valence-electron chi connectivity index (χ1n) is 14.9. The molecular formula is C34H47NO2. The van der Waals surface area contributed by atoms with Gasteiger partial charge in [-0.2, -0.15) is 0 Å². The summed E-state index contributed by atoms with van der Waals surface area (Å²) in [5.41, 5.74) is 4.06. The summed E-state index contributed by atoms with van der Waals surface area (Å²) in [4.78, 5) is 15.0. The van der Waals surface area contributed by atoms with Gasteiger partial charge < -0.3 is 4.74 Å². The predicted molar refractivity (Wildman–Crippen MR) is 152 cm³/mol. The van der Waals surface area contributed by atoms with E-state index in [0.717, 1.165) is 23.8 Å². The van der Waals surface area contributed by atoms with Crippen LogP contribution in [0.1, 0.15) is 100 Å². The summed E-state index contributed by atoms with van der Waals surface area (Å²) in [5.74, 6) is 2.98. The molecule has 2 aromatic rings. The Hall–Kier alpha value is -2.13. The highest BCUT2D eigenvalue weighted by Crippen LogP contribution is 2.62. The van der Waals surface area contributed by atoms with Crippen molar-refractivity contribution < 1.29 is 9.53 Å². The monoisotopic (exact) mass is 501 g/mol. The first-order valence-corrected chi connectivity index (χ1v) is 14.9. The molecule has 0 amide bonds. The zero-order valence-electron chi connectivity index (χ0n) is 23.5. The van der Waals surface area contributed by atoms with Crippen LogP contribution in [0.5, 0.6) is 0 Å². The summed E-state index contributed by atoms with van der Waals surface area (Å²) < 4.78 is 5.16. The van der Waals surface area contributed by atoms with Gasteiger partial charge in [-0.25, -0.2) is 4.79 Å². The number of carbonyl (C=O) groups is 1. The number of rotatable bonds is 9. The van der Waals surface area contributed by atoms with Crippen LogP contribution in [0.15, 0.2) is 54.6 Å². The molecule has 0 aliphatic heterocycles. The zero-order chi connectivity index (χ0) is 26.0. The molecule has 4 fully saturated rings. The molecule has 2 aromatic carbocycles. The van der Waals surface area contributed by atoms with E-state index in [0.29, 0.717) is 29.5 Å². The van der Waals surface area contributed by atoms with Gasteiger partial charge >= 0.3 is 5.97 Å². The maximum Gasteiger partial charge on any atom is 0.338 e. The Morgan fingerprint density at radius 2 is 1.68 bits per heavy atom. The van der Waals surface area contributed by atoms with E-state index in [1.807, 2.05) is 19.1 Å². The van der Waals surface area contributed by atoms with Crippen LogP contribution in [-0.4, -0.2) is 36.1 Å². The maximum absolute atomic E-state index is 12.0. The van der Waals surface area contributed by atoms with E-state index < -0.39 is 0 Å². The molecule has 3 nitrogen and oxygen atoms in total. The van der Waals surface area contributed by atoms with Gasteiger partial charge in [0.05, 0.1) is 12.2 Å². The number of benzene rings is 2. The molecular weight excluding hydrogens is 454 g/mol. The third kappa shape index (κ3) is 5.53. The van der Waals surface area contributed by atoms with Crippen molar-refractivity contribution >= 4 is 5.97 Å². The van der Waals surface area contributed by atoms with Gasteiger partial charge in [0.25, 0.3) is 0 Å². The second kappa shape index (κ2) is 11.3. The predicted octanol–water partition coefficient (Wildman–Crippen LogP) is 7.90. The van der Waals surface area contributed by atoms with Gasteiger partial charge in [-0.05, 0) is 117 Å². The van der Waals surface area contributed by atoms with Gasteiger partial charge in [0.2, 0.25) is 0 Å². The number of fused-ring (bicyclic) bond motifs is 2. The van der Waals surface area contributed by atoms with Crippen LogP contribution in [0, 0.1) is 23.2 Å². The Balaban J connectivity index is 1.23. The molecule has 0 aromatic heterocycles. The van der Waals surface area contributed by atoms with Crippen LogP contribution in [0.3, 0.4) is 0 Å². The highest BCUT2D eigenvalue weighted by molar-refractivity contribution is 5.89. The lowest BCUT2D eigenvalue weighted by Crippen LogP contribution is -2.62. The minimum atomic E-state index is -0.216. The number of nitrogens with zero attached hydrogens (tertiary/aromatic N) is 1. The van der Waals surface area contributed by atoms with Crippen molar-refractivity contribution in [1.82, 2.24) is 4.90 Å². The number of hydrogen-bond acceptors (Lipinski definition) is 3. The third-order valence-corrected chi connectivity index (χ3v) is 10.5. The smallest absolute Gasteiger partial charge is 0.338 e. The van der Waals surface area contributed by atoms with Gasteiger partial charge in [-0.15, -0.1) is 0 Å². The normalized spacial score (nSPS) is 30.5. The first-order chi connectivity index (χ1) is 17.9. The van der Waals surface area contributed by atoms with Crippen molar-refractivity contribution in [3.05, 3.63) is 71.3 Å². The summed E-state index contributed by atoms with van der Waals surface area (Å²) in [6, 6.07) is 20.7. The van der Waals surface area contributed by atoms with Gasteiger partial charge in [0.1, 0.15) is 0 Å². The molecule has 200 valence electrons. The van der Waals surface area contributed by atoms with E-state index >= 15 is 0 Å². The summed E-state index contributed by atoms with van der Waals surface area (Å²) >= 11 is 0. The molecule has 4 atom stereocenters. The number of aryl methyl sites for hydroxylation is 1. The molecule has 0 radical (unpaired) electrons. The lowest BCUT2D eigenvalue weighted by Gasteiger charge is -2.64. The van der Waals surface area contributed by atoms with Gasteiger partial charge in [-0.1, -0.05) is 63.2 Å². The Morgan fingerprint density at radius 3 is 2.30 bits per heavy atom. The molecule has 0 spiro atoms. The zero-order valence-corrected chi connectivity index (χ0v) is 23.5. The molecule has 0 heterocycles. The summed E-state index contributed by atoms with van der Waals surface area (Å²) in [6.07, 6.45) is 10.4. The van der Waals surface area contributed by atoms with Gasteiger partial charge in [0.15, 0.2) is 0 Å². The minimum absolute atomic E-state index is 0.216. The Kier molecular flexibility index (Phi) is 8.10. The molecule has 0 saturated heterocycles. The van der Waals surface area contributed by atoms with Crippen molar-refractivity contribution in [3.63, 3.8) is 0 Å². The fourth-order valence-corrected chi connectivity index (χ4v) is 8.14. The number of hydrogen-bond donors (Lipinski definition) is 0. The SMILES string of the molecule is CCOC(=O)c1ccc(C2CCC(N(CCCc3ccccc3)[C@H]3C[C@@H]4C[C@@H]([C@H]3C)C4(C)C)CC2)cc1. The molecule has 6 rings (SSSR count).